The summed E-state index contributed by atoms with van der Waals surface area (Å²) in [5.74, 6) is 0.211. The predicted molar refractivity (Wildman–Crippen MR) is 80.4 cm³/mol. The maximum absolute atomic E-state index is 12.5. The average molecular weight is 337 g/mol. The molecule has 1 N–H and O–H groups in total. The molecule has 1 aliphatic heterocycles. The Labute approximate surface area is 137 Å². The maximum Gasteiger partial charge on any atom is 0.387 e. The first-order valence-corrected chi connectivity index (χ1v) is 7.78. The Kier molecular flexibility index (Phi) is 5.02. The van der Waals surface area contributed by atoms with Crippen molar-refractivity contribution in [3.05, 3.63) is 30.2 Å². The number of para-hydroxylation sites is 1. The minimum Gasteiger partial charge on any atom is -0.434 e. The number of hydrogen-bond donors (Lipinski definition) is 1. The Morgan fingerprint density at radius 2 is 2.17 bits per heavy atom. The minimum absolute atomic E-state index is 0.0197. The number of hydrogen-bond acceptors (Lipinski definition) is 5. The first-order chi connectivity index (χ1) is 11.6. The second-order valence-corrected chi connectivity index (χ2v) is 5.57. The van der Waals surface area contributed by atoms with Crippen LogP contribution in [0.2, 0.25) is 0 Å². The summed E-state index contributed by atoms with van der Waals surface area (Å²) >= 11 is 0. The van der Waals surface area contributed by atoms with E-state index in [1.54, 1.807) is 18.2 Å². The highest BCUT2D eigenvalue weighted by Crippen LogP contribution is 2.29. The van der Waals surface area contributed by atoms with Gasteiger partial charge in [0.05, 0.1) is 5.56 Å². The van der Waals surface area contributed by atoms with Gasteiger partial charge in [-0.2, -0.15) is 13.8 Å². The highest BCUT2D eigenvalue weighted by molar-refractivity contribution is 5.79. The van der Waals surface area contributed by atoms with Gasteiger partial charge in [0.1, 0.15) is 5.75 Å². The van der Waals surface area contributed by atoms with Crippen molar-refractivity contribution in [3.8, 4) is 17.1 Å². The topological polar surface area (TPSA) is 77.2 Å². The van der Waals surface area contributed by atoms with Crippen LogP contribution in [0.3, 0.4) is 0 Å². The first-order valence-electron chi connectivity index (χ1n) is 7.78. The van der Waals surface area contributed by atoms with Crippen LogP contribution >= 0.6 is 0 Å². The van der Waals surface area contributed by atoms with Crippen molar-refractivity contribution in [1.29, 1.82) is 0 Å². The summed E-state index contributed by atoms with van der Waals surface area (Å²) in [7, 11) is 0. The van der Waals surface area contributed by atoms with Crippen molar-refractivity contribution >= 4 is 5.91 Å². The molecule has 24 heavy (non-hydrogen) atoms. The van der Waals surface area contributed by atoms with E-state index in [9.17, 15) is 13.6 Å². The molecule has 1 aliphatic rings. The number of halogens is 2. The minimum atomic E-state index is -2.94. The van der Waals surface area contributed by atoms with E-state index >= 15 is 0 Å². The summed E-state index contributed by atoms with van der Waals surface area (Å²) in [5.41, 5.74) is 0.318. The summed E-state index contributed by atoms with van der Waals surface area (Å²) in [6.45, 7) is -2.25. The van der Waals surface area contributed by atoms with Gasteiger partial charge >= 0.3 is 6.61 Å². The largest absolute Gasteiger partial charge is 0.434 e. The zero-order valence-corrected chi connectivity index (χ0v) is 12.9. The van der Waals surface area contributed by atoms with E-state index in [-0.39, 0.29) is 23.4 Å². The van der Waals surface area contributed by atoms with Crippen LogP contribution in [0.5, 0.6) is 5.75 Å². The van der Waals surface area contributed by atoms with Crippen molar-refractivity contribution in [1.82, 2.24) is 15.5 Å². The molecular formula is C16H17F2N3O3. The Bertz CT molecular complexity index is 705. The molecule has 0 radical (unpaired) electrons. The third-order valence-corrected chi connectivity index (χ3v) is 3.88. The van der Waals surface area contributed by atoms with Crippen LogP contribution in [0.15, 0.2) is 28.8 Å². The van der Waals surface area contributed by atoms with E-state index in [0.717, 1.165) is 19.3 Å². The van der Waals surface area contributed by atoms with Crippen LogP contribution in [0.25, 0.3) is 11.4 Å². The molecule has 1 saturated heterocycles. The Morgan fingerprint density at radius 3 is 3.00 bits per heavy atom. The molecule has 1 aromatic carbocycles. The van der Waals surface area contributed by atoms with Gasteiger partial charge < -0.3 is 14.6 Å². The van der Waals surface area contributed by atoms with Gasteiger partial charge in [-0.25, -0.2) is 0 Å². The van der Waals surface area contributed by atoms with Gasteiger partial charge in [-0.15, -0.1) is 0 Å². The van der Waals surface area contributed by atoms with E-state index in [1.165, 1.54) is 6.07 Å². The van der Waals surface area contributed by atoms with Crippen LogP contribution in [-0.4, -0.2) is 29.2 Å². The molecule has 1 aromatic heterocycles. The highest BCUT2D eigenvalue weighted by atomic mass is 19.3. The number of nitrogens with one attached hydrogen (secondary N) is 1. The third kappa shape index (κ3) is 3.87. The first kappa shape index (κ1) is 16.4. The van der Waals surface area contributed by atoms with E-state index < -0.39 is 6.61 Å². The van der Waals surface area contributed by atoms with Crippen LogP contribution in [-0.2, 0) is 11.2 Å². The van der Waals surface area contributed by atoms with Crippen molar-refractivity contribution in [2.45, 2.75) is 32.3 Å². The number of carbonyl (C=O) groups excluding carboxylic acids is 1. The maximum atomic E-state index is 12.5. The van der Waals surface area contributed by atoms with Gasteiger partial charge in [0, 0.05) is 18.9 Å². The highest BCUT2D eigenvalue weighted by Gasteiger charge is 2.24. The van der Waals surface area contributed by atoms with Crippen molar-refractivity contribution in [2.24, 2.45) is 5.92 Å². The lowest BCUT2D eigenvalue weighted by Crippen LogP contribution is -2.30. The molecule has 1 amide bonds. The molecule has 0 spiro atoms. The van der Waals surface area contributed by atoms with Crippen LogP contribution < -0.4 is 10.1 Å². The van der Waals surface area contributed by atoms with Crippen molar-refractivity contribution in [3.63, 3.8) is 0 Å². The lowest BCUT2D eigenvalue weighted by Gasteiger charge is -2.09. The molecule has 0 bridgehead atoms. The van der Waals surface area contributed by atoms with Crippen LogP contribution in [0.4, 0.5) is 8.78 Å². The normalized spacial score (nSPS) is 18.3. The molecule has 2 aromatic rings. The fraction of sp³-hybridized carbons (Fsp3) is 0.438. The van der Waals surface area contributed by atoms with Gasteiger partial charge in [0.2, 0.25) is 17.6 Å². The Morgan fingerprint density at radius 1 is 1.33 bits per heavy atom. The molecule has 128 valence electrons. The van der Waals surface area contributed by atoms with E-state index in [2.05, 4.69) is 20.2 Å². The van der Waals surface area contributed by atoms with E-state index in [4.69, 9.17) is 4.52 Å². The van der Waals surface area contributed by atoms with E-state index in [1.807, 2.05) is 0 Å². The molecule has 3 rings (SSSR count). The predicted octanol–water partition coefficient (Wildman–Crippen LogP) is 2.80. The number of nitrogens with zero attached hydrogens (tertiary/aromatic N) is 2. The van der Waals surface area contributed by atoms with Crippen molar-refractivity contribution in [2.75, 3.05) is 6.54 Å². The summed E-state index contributed by atoms with van der Waals surface area (Å²) < 4.78 is 34.6. The fourth-order valence-electron chi connectivity index (χ4n) is 2.71. The standard InChI is InChI=1S/C16H17F2N3O3/c17-16(18)23-12-7-2-1-6-11(12)14-20-13(24-21-14)9-10-5-3-4-8-19-15(10)22/h1-2,6-7,10,16H,3-5,8-9H2,(H,19,22)/t10-/m1/s1. The molecule has 0 unspecified atom stereocenters. The summed E-state index contributed by atoms with van der Waals surface area (Å²) in [6, 6.07) is 6.24. The molecule has 1 atom stereocenters. The van der Waals surface area contributed by atoms with Gasteiger partial charge in [-0.1, -0.05) is 23.7 Å². The molecule has 6 nitrogen and oxygen atoms in total. The van der Waals surface area contributed by atoms with E-state index in [0.29, 0.717) is 24.4 Å². The zero-order valence-electron chi connectivity index (χ0n) is 12.9. The molecule has 1 fully saturated rings. The number of aromatic nitrogens is 2. The molecule has 0 saturated carbocycles. The molecule has 8 heteroatoms. The summed E-state index contributed by atoms with van der Waals surface area (Å²) in [5, 5.41) is 6.68. The van der Waals surface area contributed by atoms with Crippen molar-refractivity contribution < 1.29 is 22.8 Å². The third-order valence-electron chi connectivity index (χ3n) is 3.88. The smallest absolute Gasteiger partial charge is 0.387 e. The summed E-state index contributed by atoms with van der Waals surface area (Å²) in [6.07, 6.45) is 3.00. The number of rotatable bonds is 5. The second kappa shape index (κ2) is 7.37. The summed E-state index contributed by atoms with van der Waals surface area (Å²) in [4.78, 5) is 16.2. The lowest BCUT2D eigenvalue weighted by molar-refractivity contribution is -0.124. The monoisotopic (exact) mass is 337 g/mol. The van der Waals surface area contributed by atoms with Crippen LogP contribution in [0.1, 0.15) is 25.2 Å². The molecule has 2 heterocycles. The number of carbonyl (C=O) groups is 1. The average Bonchev–Trinajstić information content (AvgIpc) is 2.92. The van der Waals surface area contributed by atoms with Gasteiger partial charge in [-0.3, -0.25) is 4.79 Å². The number of amides is 1. The van der Waals surface area contributed by atoms with Crippen LogP contribution in [0, 0.1) is 5.92 Å². The number of benzene rings is 1. The zero-order chi connectivity index (χ0) is 16.9. The lowest BCUT2D eigenvalue weighted by atomic mass is 9.99. The Balaban J connectivity index is 1.77. The Hall–Kier alpha value is -2.51. The molecule has 0 aliphatic carbocycles. The number of alkyl halides is 2. The van der Waals surface area contributed by atoms with Gasteiger partial charge in [0.15, 0.2) is 0 Å². The second-order valence-electron chi connectivity index (χ2n) is 5.57. The van der Waals surface area contributed by atoms with Gasteiger partial charge in [-0.05, 0) is 25.0 Å². The van der Waals surface area contributed by atoms with Gasteiger partial charge in [0.25, 0.3) is 0 Å². The molecular weight excluding hydrogens is 320 g/mol. The number of ether oxygens (including phenoxy) is 1. The fourth-order valence-corrected chi connectivity index (χ4v) is 2.71. The quantitative estimate of drug-likeness (QED) is 0.908. The SMILES string of the molecule is O=C1NCCCC[C@@H]1Cc1nc(-c2ccccc2OC(F)F)no1.